The summed E-state index contributed by atoms with van der Waals surface area (Å²) in [5.74, 6) is 1.94. The predicted octanol–water partition coefficient (Wildman–Crippen LogP) is 5.13. The maximum absolute atomic E-state index is 13.0. The molecule has 3 aromatic carbocycles. The first-order valence-corrected chi connectivity index (χ1v) is 10.5. The van der Waals surface area contributed by atoms with Gasteiger partial charge in [0.1, 0.15) is 11.0 Å². The second-order valence-electron chi connectivity index (χ2n) is 6.79. The molecule has 0 N–H and O–H groups in total. The molecule has 1 aliphatic rings. The van der Waals surface area contributed by atoms with E-state index in [0.29, 0.717) is 0 Å². The van der Waals surface area contributed by atoms with Gasteiger partial charge in [-0.1, -0.05) is 60.7 Å². The van der Waals surface area contributed by atoms with Gasteiger partial charge in [-0.25, -0.2) is 0 Å². The largest absolute Gasteiger partial charge is 0.497 e. The molecule has 1 saturated heterocycles. The molecule has 28 heavy (non-hydrogen) atoms. The molecule has 0 unspecified atom stereocenters. The van der Waals surface area contributed by atoms with E-state index in [2.05, 4.69) is 36.4 Å². The summed E-state index contributed by atoms with van der Waals surface area (Å²) in [6.07, 6.45) is 0.968. The molecule has 142 valence electrons. The SMILES string of the molecule is COc1ccc([C@@H]2[C@H](SCCc3ccccc3)C(=O)N2c2ccccc2)cc1. The van der Waals surface area contributed by atoms with Gasteiger partial charge >= 0.3 is 0 Å². The van der Waals surface area contributed by atoms with E-state index in [4.69, 9.17) is 4.74 Å². The Morgan fingerprint density at radius 2 is 1.54 bits per heavy atom. The summed E-state index contributed by atoms with van der Waals surface area (Å²) < 4.78 is 5.29. The molecule has 0 radical (unpaired) electrons. The van der Waals surface area contributed by atoms with E-state index in [1.807, 2.05) is 53.4 Å². The lowest BCUT2D eigenvalue weighted by Gasteiger charge is -2.47. The number of carbonyl (C=O) groups is 1. The molecule has 0 spiro atoms. The molecule has 0 aromatic heterocycles. The number of β-lactam (4-membered cyclic amide) rings is 1. The molecule has 3 nitrogen and oxygen atoms in total. The number of hydrogen-bond acceptors (Lipinski definition) is 3. The lowest BCUT2D eigenvalue weighted by Crippen LogP contribution is -2.57. The van der Waals surface area contributed by atoms with Gasteiger partial charge in [-0.15, -0.1) is 11.8 Å². The van der Waals surface area contributed by atoms with Gasteiger partial charge in [0, 0.05) is 5.69 Å². The van der Waals surface area contributed by atoms with Gasteiger partial charge in [0.2, 0.25) is 5.91 Å². The molecule has 0 aliphatic carbocycles. The van der Waals surface area contributed by atoms with E-state index in [0.717, 1.165) is 29.2 Å². The number of anilines is 1. The molecule has 0 bridgehead atoms. The summed E-state index contributed by atoms with van der Waals surface area (Å²) in [7, 11) is 1.67. The van der Waals surface area contributed by atoms with Crippen molar-refractivity contribution >= 4 is 23.4 Å². The summed E-state index contributed by atoms with van der Waals surface area (Å²) in [6.45, 7) is 0. The first-order chi connectivity index (χ1) is 13.8. The third kappa shape index (κ3) is 3.78. The summed E-state index contributed by atoms with van der Waals surface area (Å²) in [6, 6.07) is 28.5. The first-order valence-electron chi connectivity index (χ1n) is 9.45. The van der Waals surface area contributed by atoms with E-state index in [1.54, 1.807) is 18.9 Å². The Labute approximate surface area is 170 Å². The van der Waals surface area contributed by atoms with E-state index < -0.39 is 0 Å². The van der Waals surface area contributed by atoms with Crippen molar-refractivity contribution in [2.45, 2.75) is 17.7 Å². The smallest absolute Gasteiger partial charge is 0.243 e. The fourth-order valence-corrected chi connectivity index (χ4v) is 4.90. The number of benzene rings is 3. The van der Waals surface area contributed by atoms with Crippen molar-refractivity contribution in [1.82, 2.24) is 0 Å². The van der Waals surface area contributed by atoms with Crippen molar-refractivity contribution in [3.05, 3.63) is 96.1 Å². The first kappa shape index (κ1) is 18.6. The van der Waals surface area contributed by atoms with Crippen LogP contribution in [0, 0.1) is 0 Å². The molecule has 0 saturated carbocycles. The predicted molar refractivity (Wildman–Crippen MR) is 116 cm³/mol. The Bertz CT molecular complexity index is 912. The zero-order chi connectivity index (χ0) is 19.3. The van der Waals surface area contributed by atoms with Crippen LogP contribution in [-0.4, -0.2) is 24.0 Å². The van der Waals surface area contributed by atoms with Crippen LogP contribution in [0.4, 0.5) is 5.69 Å². The molecule has 1 amide bonds. The van der Waals surface area contributed by atoms with Crippen LogP contribution >= 0.6 is 11.8 Å². The zero-order valence-electron chi connectivity index (χ0n) is 15.8. The maximum atomic E-state index is 13.0. The monoisotopic (exact) mass is 389 g/mol. The Hall–Kier alpha value is -2.72. The molecule has 4 heteroatoms. The fraction of sp³-hybridized carbons (Fsp3) is 0.208. The van der Waals surface area contributed by atoms with Crippen LogP contribution in [0.3, 0.4) is 0 Å². The molecule has 1 aliphatic heterocycles. The van der Waals surface area contributed by atoms with Gasteiger partial charge in [0.25, 0.3) is 0 Å². The minimum absolute atomic E-state index is 0.0431. The number of hydrogen-bond donors (Lipinski definition) is 0. The molecule has 1 fully saturated rings. The number of para-hydroxylation sites is 1. The Balaban J connectivity index is 1.53. The van der Waals surface area contributed by atoms with Crippen molar-refractivity contribution in [2.24, 2.45) is 0 Å². The van der Waals surface area contributed by atoms with Gasteiger partial charge < -0.3 is 9.64 Å². The van der Waals surface area contributed by atoms with Crippen molar-refractivity contribution in [3.63, 3.8) is 0 Å². The highest BCUT2D eigenvalue weighted by Gasteiger charge is 2.48. The van der Waals surface area contributed by atoms with E-state index in [1.165, 1.54) is 5.56 Å². The third-order valence-corrected chi connectivity index (χ3v) is 6.33. The van der Waals surface area contributed by atoms with Gasteiger partial charge in [0.15, 0.2) is 0 Å². The number of methoxy groups -OCH3 is 1. The second-order valence-corrected chi connectivity index (χ2v) is 8.04. The quantitative estimate of drug-likeness (QED) is 0.525. The van der Waals surface area contributed by atoms with Crippen LogP contribution < -0.4 is 9.64 Å². The number of aryl methyl sites for hydroxylation is 1. The summed E-state index contributed by atoms with van der Waals surface area (Å²) in [5.41, 5.74) is 3.40. The van der Waals surface area contributed by atoms with Gasteiger partial charge in [-0.3, -0.25) is 4.79 Å². The minimum atomic E-state index is -0.0580. The summed E-state index contributed by atoms with van der Waals surface area (Å²) in [5, 5.41) is -0.0580. The normalized spacial score (nSPS) is 18.6. The molecular weight excluding hydrogens is 366 g/mol. The van der Waals surface area contributed by atoms with Crippen molar-refractivity contribution in [3.8, 4) is 5.75 Å². The van der Waals surface area contributed by atoms with Gasteiger partial charge in [-0.2, -0.15) is 0 Å². The average Bonchev–Trinajstić information content (AvgIpc) is 2.76. The highest BCUT2D eigenvalue weighted by atomic mass is 32.2. The summed E-state index contributed by atoms with van der Waals surface area (Å²) in [4.78, 5) is 14.9. The zero-order valence-corrected chi connectivity index (χ0v) is 16.6. The molecule has 3 aromatic rings. The molecule has 4 rings (SSSR count). The Morgan fingerprint density at radius 1 is 0.893 bits per heavy atom. The molecular formula is C24H23NO2S. The lowest BCUT2D eigenvalue weighted by atomic mass is 9.92. The van der Waals surface area contributed by atoms with E-state index >= 15 is 0 Å². The topological polar surface area (TPSA) is 29.5 Å². The number of ether oxygens (including phenoxy) is 1. The van der Waals surface area contributed by atoms with Crippen LogP contribution in [-0.2, 0) is 11.2 Å². The number of rotatable bonds is 7. The van der Waals surface area contributed by atoms with E-state index in [-0.39, 0.29) is 17.2 Å². The van der Waals surface area contributed by atoms with Crippen molar-refractivity contribution in [1.29, 1.82) is 0 Å². The second kappa shape index (κ2) is 8.53. The number of carbonyl (C=O) groups excluding carboxylic acids is 1. The lowest BCUT2D eigenvalue weighted by molar-refractivity contribution is -0.123. The van der Waals surface area contributed by atoms with Crippen LogP contribution in [0.1, 0.15) is 17.2 Å². The Kier molecular flexibility index (Phi) is 5.68. The number of thioether (sulfide) groups is 1. The fourth-order valence-electron chi connectivity index (χ4n) is 3.57. The Morgan fingerprint density at radius 3 is 2.18 bits per heavy atom. The van der Waals surface area contributed by atoms with Crippen LogP contribution in [0.5, 0.6) is 5.75 Å². The summed E-state index contributed by atoms with van der Waals surface area (Å²) >= 11 is 1.75. The maximum Gasteiger partial charge on any atom is 0.243 e. The standard InChI is InChI=1S/C24H23NO2S/c1-27-21-14-12-19(13-15-21)22-23(28-17-16-18-8-4-2-5-9-18)24(26)25(22)20-10-6-3-7-11-20/h2-15,22-23H,16-17H2,1H3/t22-,23+/m1/s1. The highest BCUT2D eigenvalue weighted by Crippen LogP contribution is 2.45. The number of amides is 1. The van der Waals surface area contributed by atoms with Gasteiger partial charge in [0.05, 0.1) is 13.2 Å². The number of nitrogens with zero attached hydrogens (tertiary/aromatic N) is 1. The average molecular weight is 390 g/mol. The molecule has 2 atom stereocenters. The van der Waals surface area contributed by atoms with Crippen LogP contribution in [0.2, 0.25) is 0 Å². The van der Waals surface area contributed by atoms with Crippen molar-refractivity contribution in [2.75, 3.05) is 17.8 Å². The van der Waals surface area contributed by atoms with Gasteiger partial charge in [-0.05, 0) is 47.6 Å². The van der Waals surface area contributed by atoms with Crippen LogP contribution in [0.15, 0.2) is 84.9 Å². The van der Waals surface area contributed by atoms with E-state index in [9.17, 15) is 4.79 Å². The van der Waals surface area contributed by atoms with Crippen LogP contribution in [0.25, 0.3) is 0 Å². The third-order valence-electron chi connectivity index (χ3n) is 5.07. The van der Waals surface area contributed by atoms with Crippen molar-refractivity contribution < 1.29 is 9.53 Å². The highest BCUT2D eigenvalue weighted by molar-refractivity contribution is 8.00. The minimum Gasteiger partial charge on any atom is -0.497 e. The molecule has 1 heterocycles.